The van der Waals surface area contributed by atoms with Crippen LogP contribution in [0.2, 0.25) is 0 Å². The maximum atomic E-state index is 12.7. The van der Waals surface area contributed by atoms with E-state index in [-0.39, 0.29) is 23.9 Å². The third-order valence-electron chi connectivity index (χ3n) is 3.55. The van der Waals surface area contributed by atoms with Gasteiger partial charge in [0.15, 0.2) is 0 Å². The Morgan fingerprint density at radius 3 is 2.41 bits per heavy atom. The summed E-state index contributed by atoms with van der Waals surface area (Å²) in [6.45, 7) is 3.36. The predicted molar refractivity (Wildman–Crippen MR) is 105 cm³/mol. The summed E-state index contributed by atoms with van der Waals surface area (Å²) in [4.78, 5) is 16.0. The van der Waals surface area contributed by atoms with Gasteiger partial charge in [0.25, 0.3) is 5.91 Å². The molecule has 6 nitrogen and oxygen atoms in total. The quantitative estimate of drug-likeness (QED) is 0.605. The highest BCUT2D eigenvalue weighted by Crippen LogP contribution is 2.37. The van der Waals surface area contributed by atoms with Crippen LogP contribution in [0.4, 0.5) is 13.2 Å². The standard InChI is InChI=1S/C18H20F3N3O3S2/c1-12(2)24-29(26,27)11-14-7-4-3-6-13(14)10-23-16(25)15-8-5-9-22-17(15)28-18(19,20)21/h3-9,12,24H,10-11H2,1-2H3,(H,23,25). The molecule has 0 aliphatic rings. The van der Waals surface area contributed by atoms with E-state index in [1.165, 1.54) is 18.3 Å². The number of amides is 1. The molecule has 29 heavy (non-hydrogen) atoms. The number of halogens is 3. The fourth-order valence-corrected chi connectivity index (χ4v) is 4.60. The van der Waals surface area contributed by atoms with Gasteiger partial charge in [0, 0.05) is 30.5 Å². The zero-order valence-corrected chi connectivity index (χ0v) is 17.3. The van der Waals surface area contributed by atoms with Gasteiger partial charge < -0.3 is 5.32 Å². The van der Waals surface area contributed by atoms with E-state index in [0.717, 1.165) is 0 Å². The number of nitrogens with zero attached hydrogens (tertiary/aromatic N) is 1. The summed E-state index contributed by atoms with van der Waals surface area (Å²) < 4.78 is 64.8. The number of rotatable bonds is 8. The molecule has 1 aromatic heterocycles. The van der Waals surface area contributed by atoms with E-state index >= 15 is 0 Å². The van der Waals surface area contributed by atoms with Crippen molar-refractivity contribution in [2.45, 2.75) is 42.7 Å². The van der Waals surface area contributed by atoms with E-state index < -0.39 is 38.2 Å². The van der Waals surface area contributed by atoms with Gasteiger partial charge >= 0.3 is 5.51 Å². The lowest BCUT2D eigenvalue weighted by Crippen LogP contribution is -2.32. The van der Waals surface area contributed by atoms with Crippen LogP contribution in [0, 0.1) is 0 Å². The summed E-state index contributed by atoms with van der Waals surface area (Å²) in [5.41, 5.74) is -3.75. The first-order valence-corrected chi connectivity index (χ1v) is 11.0. The Labute approximate surface area is 171 Å². The fraction of sp³-hybridized carbons (Fsp3) is 0.333. The first-order chi connectivity index (χ1) is 13.5. The molecule has 0 atom stereocenters. The molecule has 0 saturated heterocycles. The van der Waals surface area contributed by atoms with Gasteiger partial charge in [-0.1, -0.05) is 24.3 Å². The molecule has 0 aliphatic carbocycles. The van der Waals surface area contributed by atoms with E-state index in [4.69, 9.17) is 0 Å². The van der Waals surface area contributed by atoms with Crippen molar-refractivity contribution >= 4 is 27.7 Å². The zero-order chi connectivity index (χ0) is 21.7. The van der Waals surface area contributed by atoms with E-state index in [1.807, 2.05) is 0 Å². The second-order valence-corrected chi connectivity index (χ2v) is 9.19. The summed E-state index contributed by atoms with van der Waals surface area (Å²) in [7, 11) is -3.58. The molecular formula is C18H20F3N3O3S2. The Hall–Kier alpha value is -2.11. The number of hydrogen-bond donors (Lipinski definition) is 2. The molecule has 0 unspecified atom stereocenters. The number of nitrogens with one attached hydrogen (secondary N) is 2. The third kappa shape index (κ3) is 7.67. The summed E-state index contributed by atoms with van der Waals surface area (Å²) in [6, 6.07) is 8.98. The average molecular weight is 448 g/mol. The molecule has 1 aromatic carbocycles. The SMILES string of the molecule is CC(C)NS(=O)(=O)Cc1ccccc1CNC(=O)c1cccnc1SC(F)(F)F. The van der Waals surface area contributed by atoms with Crippen LogP contribution in [0.3, 0.4) is 0 Å². The number of aromatic nitrogens is 1. The Morgan fingerprint density at radius 1 is 1.14 bits per heavy atom. The van der Waals surface area contributed by atoms with Gasteiger partial charge in [-0.2, -0.15) is 13.2 Å². The second kappa shape index (κ2) is 9.59. The van der Waals surface area contributed by atoms with Crippen LogP contribution in [0.15, 0.2) is 47.6 Å². The third-order valence-corrected chi connectivity index (χ3v) is 5.82. The maximum Gasteiger partial charge on any atom is 0.447 e. The minimum Gasteiger partial charge on any atom is -0.348 e. The number of sulfonamides is 1. The summed E-state index contributed by atoms with van der Waals surface area (Å²) >= 11 is -0.465. The van der Waals surface area contributed by atoms with E-state index in [0.29, 0.717) is 11.1 Å². The lowest BCUT2D eigenvalue weighted by atomic mass is 10.1. The summed E-state index contributed by atoms with van der Waals surface area (Å²) in [5.74, 6) is -1.01. The van der Waals surface area contributed by atoms with Crippen molar-refractivity contribution in [1.82, 2.24) is 15.0 Å². The molecule has 158 valence electrons. The monoisotopic (exact) mass is 447 g/mol. The van der Waals surface area contributed by atoms with Crippen molar-refractivity contribution in [3.8, 4) is 0 Å². The average Bonchev–Trinajstić information content (AvgIpc) is 2.58. The summed E-state index contributed by atoms with van der Waals surface area (Å²) in [6.07, 6.45) is 1.17. The molecule has 1 amide bonds. The first kappa shape index (κ1) is 23.2. The van der Waals surface area contributed by atoms with Crippen LogP contribution < -0.4 is 10.0 Å². The first-order valence-electron chi connectivity index (χ1n) is 8.52. The van der Waals surface area contributed by atoms with E-state index in [1.54, 1.807) is 38.1 Å². The lowest BCUT2D eigenvalue weighted by molar-refractivity contribution is -0.0329. The molecule has 2 N–H and O–H groups in total. The van der Waals surface area contributed by atoms with Gasteiger partial charge in [-0.15, -0.1) is 0 Å². The Morgan fingerprint density at radius 2 is 1.79 bits per heavy atom. The maximum absolute atomic E-state index is 12.7. The Kier molecular flexibility index (Phi) is 7.66. The number of carbonyl (C=O) groups excluding carboxylic acids is 1. The molecule has 11 heteroatoms. The van der Waals surface area contributed by atoms with Gasteiger partial charge in [-0.25, -0.2) is 18.1 Å². The van der Waals surface area contributed by atoms with Gasteiger partial charge in [0.2, 0.25) is 10.0 Å². The second-order valence-electron chi connectivity index (χ2n) is 6.39. The number of thioether (sulfide) groups is 1. The van der Waals surface area contributed by atoms with Crippen molar-refractivity contribution in [3.05, 3.63) is 59.3 Å². The highest BCUT2D eigenvalue weighted by Gasteiger charge is 2.32. The minimum absolute atomic E-state index is 0.0444. The van der Waals surface area contributed by atoms with Crippen LogP contribution in [0.1, 0.15) is 35.3 Å². The van der Waals surface area contributed by atoms with Gasteiger partial charge in [-0.05, 0) is 37.1 Å². The number of hydrogen-bond acceptors (Lipinski definition) is 5. The van der Waals surface area contributed by atoms with Crippen molar-refractivity contribution in [2.75, 3.05) is 0 Å². The highest BCUT2D eigenvalue weighted by molar-refractivity contribution is 8.00. The molecule has 0 fully saturated rings. The Bertz CT molecular complexity index is 964. The molecule has 0 saturated carbocycles. The van der Waals surface area contributed by atoms with Crippen LogP contribution in [-0.2, 0) is 22.3 Å². The number of carbonyl (C=O) groups is 1. The number of alkyl halides is 3. The Balaban J connectivity index is 2.14. The number of pyridine rings is 1. The largest absolute Gasteiger partial charge is 0.447 e. The van der Waals surface area contributed by atoms with Gasteiger partial charge in [-0.3, -0.25) is 4.79 Å². The number of benzene rings is 1. The fourth-order valence-electron chi connectivity index (χ4n) is 2.50. The van der Waals surface area contributed by atoms with Gasteiger partial charge in [0.05, 0.1) is 11.3 Å². The molecule has 0 spiro atoms. The normalized spacial score (nSPS) is 12.2. The van der Waals surface area contributed by atoms with Crippen molar-refractivity contribution in [3.63, 3.8) is 0 Å². The minimum atomic E-state index is -4.58. The zero-order valence-electron chi connectivity index (χ0n) is 15.7. The molecular weight excluding hydrogens is 427 g/mol. The molecule has 2 rings (SSSR count). The van der Waals surface area contributed by atoms with Crippen LogP contribution in [-0.4, -0.2) is 30.9 Å². The van der Waals surface area contributed by atoms with Crippen LogP contribution >= 0.6 is 11.8 Å². The summed E-state index contributed by atoms with van der Waals surface area (Å²) in [5, 5.41) is 2.08. The van der Waals surface area contributed by atoms with Crippen molar-refractivity contribution in [2.24, 2.45) is 0 Å². The smallest absolute Gasteiger partial charge is 0.348 e. The highest BCUT2D eigenvalue weighted by atomic mass is 32.2. The van der Waals surface area contributed by atoms with Gasteiger partial charge in [0.1, 0.15) is 5.03 Å². The van der Waals surface area contributed by atoms with E-state index in [2.05, 4.69) is 15.0 Å². The van der Waals surface area contributed by atoms with Crippen LogP contribution in [0.5, 0.6) is 0 Å². The molecule has 2 aromatic rings. The molecule has 0 bridgehead atoms. The lowest BCUT2D eigenvalue weighted by Gasteiger charge is -2.14. The molecule has 0 radical (unpaired) electrons. The molecule has 1 heterocycles. The van der Waals surface area contributed by atoms with Crippen LogP contribution in [0.25, 0.3) is 0 Å². The topological polar surface area (TPSA) is 88.2 Å². The van der Waals surface area contributed by atoms with Crippen molar-refractivity contribution in [1.29, 1.82) is 0 Å². The van der Waals surface area contributed by atoms with E-state index in [9.17, 15) is 26.4 Å². The predicted octanol–water partition coefficient (Wildman–Crippen LogP) is 3.45. The molecule has 0 aliphatic heterocycles. The van der Waals surface area contributed by atoms with Crippen molar-refractivity contribution < 1.29 is 26.4 Å².